The summed E-state index contributed by atoms with van der Waals surface area (Å²) in [6, 6.07) is 13.3. The van der Waals surface area contributed by atoms with Crippen LogP contribution in [0.15, 0.2) is 48.5 Å². The van der Waals surface area contributed by atoms with Crippen molar-refractivity contribution in [3.05, 3.63) is 59.7 Å². The van der Waals surface area contributed by atoms with Crippen molar-refractivity contribution in [1.82, 2.24) is 10.2 Å². The minimum Gasteiger partial charge on any atom is -0.497 e. The zero-order valence-corrected chi connectivity index (χ0v) is 20.0. The third-order valence-corrected chi connectivity index (χ3v) is 6.29. The van der Waals surface area contributed by atoms with Crippen LogP contribution in [0.25, 0.3) is 0 Å². The Morgan fingerprint density at radius 2 is 1.66 bits per heavy atom. The third-order valence-electron chi connectivity index (χ3n) is 5.15. The lowest BCUT2D eigenvalue weighted by Gasteiger charge is -2.32. The molecule has 0 spiro atoms. The number of methoxy groups -OCH3 is 1. The quantitative estimate of drug-likeness (QED) is 0.586. The summed E-state index contributed by atoms with van der Waals surface area (Å²) in [6.07, 6.45) is 1.43. The molecule has 0 radical (unpaired) electrons. The summed E-state index contributed by atoms with van der Waals surface area (Å²) in [5.74, 6) is -0.203. The Balaban J connectivity index is 2.39. The van der Waals surface area contributed by atoms with Crippen LogP contribution in [0.5, 0.6) is 5.75 Å². The van der Waals surface area contributed by atoms with Gasteiger partial charge in [-0.2, -0.15) is 0 Å². The number of likely N-dealkylation sites (N-methyl/N-ethyl adjacent to an activating group) is 1. The Hall–Kier alpha value is -3.07. The van der Waals surface area contributed by atoms with E-state index in [0.29, 0.717) is 17.9 Å². The smallest absolute Gasteiger partial charge is 0.244 e. The number of sulfonamides is 1. The van der Waals surface area contributed by atoms with Crippen molar-refractivity contribution in [2.45, 2.75) is 32.9 Å². The van der Waals surface area contributed by atoms with Crippen molar-refractivity contribution in [2.75, 3.05) is 31.3 Å². The standard InChI is InChI=1S/C23H31N3O5S/c1-6-21(23(28)24-3)25(15-18-9-7-17(2)8-10-18)22(27)16-26(32(5,29)30)19-11-13-20(31-4)14-12-19/h7-14,21H,6,15-16H2,1-5H3,(H,24,28)/t21-/m1/s1. The van der Waals surface area contributed by atoms with Gasteiger partial charge in [-0.15, -0.1) is 0 Å². The van der Waals surface area contributed by atoms with Gasteiger partial charge in [-0.25, -0.2) is 8.42 Å². The summed E-state index contributed by atoms with van der Waals surface area (Å²) >= 11 is 0. The SMILES string of the molecule is CC[C@H](C(=O)NC)N(Cc1ccc(C)cc1)C(=O)CN(c1ccc(OC)cc1)S(C)(=O)=O. The molecule has 0 saturated carbocycles. The predicted molar refractivity (Wildman–Crippen MR) is 125 cm³/mol. The highest BCUT2D eigenvalue weighted by Crippen LogP contribution is 2.22. The molecular weight excluding hydrogens is 430 g/mol. The van der Waals surface area contributed by atoms with Crippen LogP contribution in [0.3, 0.4) is 0 Å². The van der Waals surface area contributed by atoms with Crippen molar-refractivity contribution in [3.8, 4) is 5.75 Å². The minimum absolute atomic E-state index is 0.186. The fourth-order valence-corrected chi connectivity index (χ4v) is 4.19. The number of rotatable bonds is 10. The highest BCUT2D eigenvalue weighted by Gasteiger charge is 2.31. The van der Waals surface area contributed by atoms with E-state index in [4.69, 9.17) is 4.74 Å². The van der Waals surface area contributed by atoms with Crippen LogP contribution < -0.4 is 14.4 Å². The van der Waals surface area contributed by atoms with E-state index >= 15 is 0 Å². The number of carbonyl (C=O) groups excluding carboxylic acids is 2. The Morgan fingerprint density at radius 1 is 1.06 bits per heavy atom. The fraction of sp³-hybridized carbons (Fsp3) is 0.391. The minimum atomic E-state index is -3.76. The number of amides is 2. The molecule has 1 N–H and O–H groups in total. The number of ether oxygens (including phenoxy) is 1. The molecule has 0 aliphatic rings. The molecule has 1 atom stereocenters. The van der Waals surface area contributed by atoms with E-state index in [1.54, 1.807) is 24.3 Å². The van der Waals surface area contributed by atoms with Crippen LogP contribution in [-0.2, 0) is 26.2 Å². The first-order valence-electron chi connectivity index (χ1n) is 10.3. The van der Waals surface area contributed by atoms with Gasteiger partial charge in [0.25, 0.3) is 0 Å². The lowest BCUT2D eigenvalue weighted by atomic mass is 10.1. The van der Waals surface area contributed by atoms with E-state index < -0.39 is 28.5 Å². The molecule has 2 aromatic carbocycles. The van der Waals surface area contributed by atoms with E-state index in [-0.39, 0.29) is 12.5 Å². The average Bonchev–Trinajstić information content (AvgIpc) is 2.77. The lowest BCUT2D eigenvalue weighted by Crippen LogP contribution is -2.51. The van der Waals surface area contributed by atoms with Gasteiger partial charge in [-0.3, -0.25) is 13.9 Å². The summed E-state index contributed by atoms with van der Waals surface area (Å²) < 4.78 is 31.2. The molecule has 2 aromatic rings. The number of nitrogens with one attached hydrogen (secondary N) is 1. The van der Waals surface area contributed by atoms with E-state index in [1.165, 1.54) is 19.1 Å². The summed E-state index contributed by atoms with van der Waals surface area (Å²) in [4.78, 5) is 27.3. The van der Waals surface area contributed by atoms with Crippen molar-refractivity contribution >= 4 is 27.5 Å². The molecule has 2 rings (SSSR count). The number of anilines is 1. The maximum absolute atomic E-state index is 13.4. The first kappa shape index (κ1) is 25.2. The molecule has 0 bridgehead atoms. The van der Waals surface area contributed by atoms with Crippen molar-refractivity contribution in [1.29, 1.82) is 0 Å². The Labute approximate surface area is 190 Å². The van der Waals surface area contributed by atoms with E-state index in [2.05, 4.69) is 5.32 Å². The Bertz CT molecular complexity index is 1020. The molecule has 32 heavy (non-hydrogen) atoms. The van der Waals surface area contributed by atoms with Gasteiger partial charge in [0.05, 0.1) is 19.1 Å². The van der Waals surface area contributed by atoms with Crippen LogP contribution in [0, 0.1) is 6.92 Å². The molecular formula is C23H31N3O5S. The second kappa shape index (κ2) is 11.0. The van der Waals surface area contributed by atoms with Gasteiger partial charge in [-0.05, 0) is 43.2 Å². The highest BCUT2D eigenvalue weighted by molar-refractivity contribution is 7.92. The second-order valence-electron chi connectivity index (χ2n) is 7.51. The van der Waals surface area contributed by atoms with Gasteiger partial charge in [0.2, 0.25) is 21.8 Å². The molecule has 0 heterocycles. The van der Waals surface area contributed by atoms with Gasteiger partial charge in [-0.1, -0.05) is 36.8 Å². The largest absolute Gasteiger partial charge is 0.497 e. The summed E-state index contributed by atoms with van der Waals surface area (Å²) in [5, 5.41) is 2.60. The van der Waals surface area contributed by atoms with Crippen LogP contribution in [0.1, 0.15) is 24.5 Å². The zero-order chi connectivity index (χ0) is 23.9. The van der Waals surface area contributed by atoms with Gasteiger partial charge in [0, 0.05) is 13.6 Å². The third kappa shape index (κ3) is 6.46. The fourth-order valence-electron chi connectivity index (χ4n) is 3.34. The molecule has 0 aliphatic carbocycles. The van der Waals surface area contributed by atoms with Crippen molar-refractivity contribution in [3.63, 3.8) is 0 Å². The Kier molecular flexibility index (Phi) is 8.65. The summed E-state index contributed by atoms with van der Waals surface area (Å²) in [5.41, 5.74) is 2.26. The molecule has 174 valence electrons. The van der Waals surface area contributed by atoms with E-state index in [9.17, 15) is 18.0 Å². The van der Waals surface area contributed by atoms with E-state index in [0.717, 1.165) is 21.7 Å². The van der Waals surface area contributed by atoms with Crippen molar-refractivity contribution in [2.24, 2.45) is 0 Å². The molecule has 0 aromatic heterocycles. The molecule has 9 heteroatoms. The van der Waals surface area contributed by atoms with Gasteiger partial charge < -0.3 is 15.0 Å². The summed E-state index contributed by atoms with van der Waals surface area (Å²) in [7, 11) is -0.731. The second-order valence-corrected chi connectivity index (χ2v) is 9.42. The lowest BCUT2D eigenvalue weighted by molar-refractivity contribution is -0.140. The van der Waals surface area contributed by atoms with Gasteiger partial charge in [0.1, 0.15) is 18.3 Å². The average molecular weight is 462 g/mol. The number of aryl methyl sites for hydroxylation is 1. The summed E-state index contributed by atoms with van der Waals surface area (Å²) in [6.45, 7) is 3.54. The molecule has 2 amide bonds. The number of hydrogen-bond acceptors (Lipinski definition) is 5. The first-order chi connectivity index (χ1) is 15.1. The van der Waals surface area contributed by atoms with Crippen LogP contribution in [0.4, 0.5) is 5.69 Å². The maximum atomic E-state index is 13.4. The highest BCUT2D eigenvalue weighted by atomic mass is 32.2. The molecule has 8 nitrogen and oxygen atoms in total. The molecule has 0 aliphatic heterocycles. The molecule has 0 unspecified atom stereocenters. The van der Waals surface area contributed by atoms with Gasteiger partial charge >= 0.3 is 0 Å². The van der Waals surface area contributed by atoms with E-state index in [1.807, 2.05) is 38.1 Å². The number of hydrogen-bond donors (Lipinski definition) is 1. The zero-order valence-electron chi connectivity index (χ0n) is 19.2. The molecule has 0 fully saturated rings. The molecule has 0 saturated heterocycles. The Morgan fingerprint density at radius 3 is 2.12 bits per heavy atom. The monoisotopic (exact) mass is 461 g/mol. The van der Waals surface area contributed by atoms with Crippen molar-refractivity contribution < 1.29 is 22.7 Å². The normalized spacial score (nSPS) is 12.0. The van der Waals surface area contributed by atoms with Crippen LogP contribution in [-0.4, -0.2) is 58.1 Å². The van der Waals surface area contributed by atoms with Gasteiger partial charge in [0.15, 0.2) is 0 Å². The topological polar surface area (TPSA) is 96.0 Å². The predicted octanol–water partition coefficient (Wildman–Crippen LogP) is 2.32. The van der Waals surface area contributed by atoms with Crippen LogP contribution >= 0.6 is 0 Å². The number of carbonyl (C=O) groups is 2. The number of benzene rings is 2. The maximum Gasteiger partial charge on any atom is 0.244 e. The first-order valence-corrected chi connectivity index (χ1v) is 12.1. The number of nitrogens with zero attached hydrogens (tertiary/aromatic N) is 2. The van der Waals surface area contributed by atoms with Crippen LogP contribution in [0.2, 0.25) is 0 Å².